The van der Waals surface area contributed by atoms with E-state index in [2.05, 4.69) is 15.5 Å². The van der Waals surface area contributed by atoms with Crippen LogP contribution in [-0.2, 0) is 13.5 Å². The number of nitrogens with one attached hydrogen (secondary N) is 1. The van der Waals surface area contributed by atoms with Crippen LogP contribution in [0.2, 0.25) is 0 Å². The summed E-state index contributed by atoms with van der Waals surface area (Å²) in [4.78, 5) is 15.7. The van der Waals surface area contributed by atoms with Gasteiger partial charge in [-0.1, -0.05) is 5.16 Å². The van der Waals surface area contributed by atoms with E-state index in [4.69, 9.17) is 4.52 Å². The third kappa shape index (κ3) is 3.46. The van der Waals surface area contributed by atoms with Crippen molar-refractivity contribution < 1.29 is 9.32 Å². The maximum absolute atomic E-state index is 11.3. The first-order valence-electron chi connectivity index (χ1n) is 6.18. The molecular formula is C13H19ClN4O2. The van der Waals surface area contributed by atoms with Gasteiger partial charge in [0.15, 0.2) is 11.6 Å². The van der Waals surface area contributed by atoms with Crippen molar-refractivity contribution in [1.82, 2.24) is 20.0 Å². The molecule has 2 rings (SSSR count). The molecule has 0 fully saturated rings. The van der Waals surface area contributed by atoms with Gasteiger partial charge in [-0.15, -0.1) is 12.4 Å². The maximum atomic E-state index is 11.3. The second kappa shape index (κ2) is 6.67. The van der Waals surface area contributed by atoms with Gasteiger partial charge in [-0.25, -0.2) is 0 Å². The molecule has 0 aliphatic heterocycles. The number of rotatable bonds is 5. The van der Waals surface area contributed by atoms with Crippen LogP contribution >= 0.6 is 12.4 Å². The summed E-state index contributed by atoms with van der Waals surface area (Å²) in [7, 11) is 3.74. The molecule has 2 heterocycles. The number of likely N-dealkylation sites (N-methyl/N-ethyl adjacent to an activating group) is 1. The Labute approximate surface area is 124 Å². The fourth-order valence-electron chi connectivity index (χ4n) is 1.79. The number of halogens is 1. The van der Waals surface area contributed by atoms with Crippen molar-refractivity contribution in [3.63, 3.8) is 0 Å². The first-order chi connectivity index (χ1) is 9.01. The zero-order valence-electron chi connectivity index (χ0n) is 12.0. The Morgan fingerprint density at radius 1 is 1.55 bits per heavy atom. The lowest BCUT2D eigenvalue weighted by Crippen LogP contribution is -2.24. The van der Waals surface area contributed by atoms with E-state index in [-0.39, 0.29) is 24.2 Å². The molecule has 2 aromatic rings. The summed E-state index contributed by atoms with van der Waals surface area (Å²) in [5.74, 6) is 1.11. The minimum Gasteiger partial charge on any atom is -0.346 e. The van der Waals surface area contributed by atoms with Gasteiger partial charge in [0, 0.05) is 31.3 Å². The Bertz CT molecular complexity index is 591. The SMILES string of the molecule is CNC(C)Cc1noc(-c2cc(C(C)=O)cn2C)n1.Cl. The molecule has 0 saturated heterocycles. The maximum Gasteiger partial charge on any atom is 0.274 e. The number of aromatic nitrogens is 3. The summed E-state index contributed by atoms with van der Waals surface area (Å²) >= 11 is 0. The smallest absolute Gasteiger partial charge is 0.274 e. The van der Waals surface area contributed by atoms with Crippen LogP contribution in [0.25, 0.3) is 11.6 Å². The molecule has 1 atom stereocenters. The average Bonchev–Trinajstić information content (AvgIpc) is 2.95. The first-order valence-corrected chi connectivity index (χ1v) is 6.18. The van der Waals surface area contributed by atoms with E-state index in [0.717, 1.165) is 5.69 Å². The van der Waals surface area contributed by atoms with Crippen LogP contribution in [0.3, 0.4) is 0 Å². The summed E-state index contributed by atoms with van der Waals surface area (Å²) in [5.41, 5.74) is 1.39. The average molecular weight is 299 g/mol. The molecule has 0 aliphatic rings. The van der Waals surface area contributed by atoms with Crippen LogP contribution in [0.1, 0.15) is 30.0 Å². The van der Waals surface area contributed by atoms with Crippen molar-refractivity contribution in [2.75, 3.05) is 7.05 Å². The van der Waals surface area contributed by atoms with Crippen LogP contribution in [-0.4, -0.2) is 33.6 Å². The molecule has 0 aliphatic carbocycles. The van der Waals surface area contributed by atoms with Crippen molar-refractivity contribution in [3.05, 3.63) is 23.7 Å². The van der Waals surface area contributed by atoms with Gasteiger partial charge in [0.2, 0.25) is 0 Å². The van der Waals surface area contributed by atoms with Gasteiger partial charge < -0.3 is 14.4 Å². The molecule has 0 saturated carbocycles. The van der Waals surface area contributed by atoms with Crippen LogP contribution in [0.5, 0.6) is 0 Å². The number of nitrogens with zero attached hydrogens (tertiary/aromatic N) is 3. The molecule has 20 heavy (non-hydrogen) atoms. The van der Waals surface area contributed by atoms with E-state index >= 15 is 0 Å². The van der Waals surface area contributed by atoms with Gasteiger partial charge in [0.05, 0.1) is 0 Å². The van der Waals surface area contributed by atoms with E-state index in [9.17, 15) is 4.79 Å². The standard InChI is InChI=1S/C13H18N4O2.ClH/c1-8(14-3)5-12-15-13(19-16-12)11-6-10(9(2)18)7-17(11)4;/h6-8,14H,5H2,1-4H3;1H. The molecule has 0 spiro atoms. The molecule has 1 unspecified atom stereocenters. The number of ketones is 1. The van der Waals surface area contributed by atoms with Gasteiger partial charge in [-0.3, -0.25) is 4.79 Å². The topological polar surface area (TPSA) is 73.0 Å². The molecule has 0 radical (unpaired) electrons. The zero-order valence-corrected chi connectivity index (χ0v) is 12.8. The second-order valence-electron chi connectivity index (χ2n) is 4.69. The van der Waals surface area contributed by atoms with Crippen LogP contribution < -0.4 is 5.32 Å². The molecule has 0 aromatic carbocycles. The quantitative estimate of drug-likeness (QED) is 0.853. The van der Waals surface area contributed by atoms with Crippen molar-refractivity contribution in [2.24, 2.45) is 7.05 Å². The summed E-state index contributed by atoms with van der Waals surface area (Å²) in [6, 6.07) is 2.05. The Hall–Kier alpha value is -1.66. The van der Waals surface area contributed by atoms with Gasteiger partial charge in [0.25, 0.3) is 5.89 Å². The van der Waals surface area contributed by atoms with E-state index in [1.165, 1.54) is 6.92 Å². The normalized spacial score (nSPS) is 12.0. The van der Waals surface area contributed by atoms with E-state index in [1.54, 1.807) is 12.3 Å². The molecule has 1 N–H and O–H groups in total. The third-order valence-corrected chi connectivity index (χ3v) is 3.08. The lowest BCUT2D eigenvalue weighted by atomic mass is 10.2. The number of hydrogen-bond donors (Lipinski definition) is 1. The highest BCUT2D eigenvalue weighted by Gasteiger charge is 2.15. The zero-order chi connectivity index (χ0) is 14.0. The fourth-order valence-corrected chi connectivity index (χ4v) is 1.79. The number of aryl methyl sites for hydroxylation is 1. The predicted octanol–water partition coefficient (Wildman–Crippen LogP) is 1.85. The monoisotopic (exact) mass is 298 g/mol. The van der Waals surface area contributed by atoms with E-state index in [1.807, 2.05) is 25.6 Å². The Morgan fingerprint density at radius 3 is 2.80 bits per heavy atom. The summed E-state index contributed by atoms with van der Waals surface area (Å²) in [5, 5.41) is 7.07. The Morgan fingerprint density at radius 2 is 2.25 bits per heavy atom. The molecular weight excluding hydrogens is 280 g/mol. The fraction of sp³-hybridized carbons (Fsp3) is 0.462. The highest BCUT2D eigenvalue weighted by molar-refractivity contribution is 5.95. The molecule has 110 valence electrons. The van der Waals surface area contributed by atoms with Gasteiger partial charge in [0.1, 0.15) is 5.69 Å². The molecule has 2 aromatic heterocycles. The van der Waals surface area contributed by atoms with Crippen molar-refractivity contribution in [1.29, 1.82) is 0 Å². The van der Waals surface area contributed by atoms with E-state index < -0.39 is 0 Å². The summed E-state index contributed by atoms with van der Waals surface area (Å²) < 4.78 is 7.06. The van der Waals surface area contributed by atoms with Crippen molar-refractivity contribution in [2.45, 2.75) is 26.3 Å². The number of Topliss-reactive ketones (excluding diaryl/α,β-unsaturated/α-hetero) is 1. The van der Waals surface area contributed by atoms with Gasteiger partial charge in [-0.05, 0) is 27.0 Å². The van der Waals surface area contributed by atoms with Crippen molar-refractivity contribution >= 4 is 18.2 Å². The number of carbonyl (C=O) groups excluding carboxylic acids is 1. The second-order valence-corrected chi connectivity index (χ2v) is 4.69. The Kier molecular flexibility index (Phi) is 5.47. The molecule has 0 amide bonds. The third-order valence-electron chi connectivity index (χ3n) is 3.08. The molecule has 0 bridgehead atoms. The summed E-state index contributed by atoms with van der Waals surface area (Å²) in [6.07, 6.45) is 2.46. The van der Waals surface area contributed by atoms with Crippen LogP contribution in [0, 0.1) is 0 Å². The highest BCUT2D eigenvalue weighted by atomic mass is 35.5. The lowest BCUT2D eigenvalue weighted by molar-refractivity contribution is 0.101. The van der Waals surface area contributed by atoms with Crippen LogP contribution in [0.15, 0.2) is 16.8 Å². The van der Waals surface area contributed by atoms with Crippen LogP contribution in [0.4, 0.5) is 0 Å². The lowest BCUT2D eigenvalue weighted by Gasteiger charge is -2.04. The first kappa shape index (κ1) is 16.4. The minimum absolute atomic E-state index is 0. The summed E-state index contributed by atoms with van der Waals surface area (Å²) in [6.45, 7) is 3.58. The molecule has 6 nitrogen and oxygen atoms in total. The number of hydrogen-bond acceptors (Lipinski definition) is 5. The highest BCUT2D eigenvalue weighted by Crippen LogP contribution is 2.20. The van der Waals surface area contributed by atoms with E-state index in [0.29, 0.717) is 23.7 Å². The minimum atomic E-state index is 0. The van der Waals surface area contributed by atoms with Gasteiger partial charge >= 0.3 is 0 Å². The van der Waals surface area contributed by atoms with Gasteiger partial charge in [-0.2, -0.15) is 4.98 Å². The number of carbonyl (C=O) groups is 1. The Balaban J connectivity index is 0.00000200. The van der Waals surface area contributed by atoms with Crippen molar-refractivity contribution in [3.8, 4) is 11.6 Å². The predicted molar refractivity (Wildman–Crippen MR) is 78.2 cm³/mol. The molecule has 7 heteroatoms. The largest absolute Gasteiger partial charge is 0.346 e.